The van der Waals surface area contributed by atoms with E-state index in [2.05, 4.69) is 10.4 Å². The van der Waals surface area contributed by atoms with Gasteiger partial charge in [0.2, 0.25) is 5.91 Å². The summed E-state index contributed by atoms with van der Waals surface area (Å²) in [6.45, 7) is 4.56. The van der Waals surface area contributed by atoms with Gasteiger partial charge in [-0.1, -0.05) is 12.1 Å². The van der Waals surface area contributed by atoms with E-state index >= 15 is 0 Å². The lowest BCUT2D eigenvalue weighted by Gasteiger charge is -2.12. The summed E-state index contributed by atoms with van der Waals surface area (Å²) in [6.07, 6.45) is 1.67. The van der Waals surface area contributed by atoms with Gasteiger partial charge in [0.25, 0.3) is 0 Å². The van der Waals surface area contributed by atoms with E-state index in [1.54, 1.807) is 14.2 Å². The van der Waals surface area contributed by atoms with Crippen LogP contribution in [0.4, 0.5) is 0 Å². The van der Waals surface area contributed by atoms with Crippen molar-refractivity contribution in [3.8, 4) is 11.5 Å². The summed E-state index contributed by atoms with van der Waals surface area (Å²) in [5.74, 6) is 1.57. The lowest BCUT2D eigenvalue weighted by molar-refractivity contribution is -0.121. The van der Waals surface area contributed by atoms with E-state index in [9.17, 15) is 4.79 Å². The van der Waals surface area contributed by atoms with Gasteiger partial charge in [-0.2, -0.15) is 5.10 Å². The van der Waals surface area contributed by atoms with Crippen LogP contribution in [0.25, 0.3) is 16.6 Å². The van der Waals surface area contributed by atoms with Crippen LogP contribution in [0.5, 0.6) is 11.5 Å². The molecule has 0 aliphatic rings. The normalized spacial score (nSPS) is 11.1. The number of carbonyl (C=O) groups excluding carboxylic acids is 1. The van der Waals surface area contributed by atoms with Crippen LogP contribution in [0, 0.1) is 13.8 Å². The predicted octanol–water partition coefficient (Wildman–Crippen LogP) is 3.81. The van der Waals surface area contributed by atoms with Crippen molar-refractivity contribution in [3.63, 3.8) is 0 Å². The number of hydrogen-bond acceptors (Lipinski definition) is 5. The Morgan fingerprint density at radius 3 is 2.66 bits per heavy atom. The van der Waals surface area contributed by atoms with Crippen LogP contribution >= 0.6 is 0 Å². The minimum atomic E-state index is 0.0105. The molecule has 0 aliphatic heterocycles. The molecule has 0 aliphatic carbocycles. The topological polar surface area (TPSA) is 77.8 Å². The van der Waals surface area contributed by atoms with Crippen molar-refractivity contribution in [1.29, 1.82) is 0 Å². The zero-order valence-corrected chi connectivity index (χ0v) is 18.9. The molecule has 2 aromatic heterocycles. The van der Waals surface area contributed by atoms with Crippen LogP contribution in [0.3, 0.4) is 0 Å². The standard InChI is InChI=1S/C25H28N4O3/c1-16-20(17(2)29-25(27-16)21-7-5-6-8-22(21)28-29)10-12-24(30)26-14-13-18-15-19(31-3)9-11-23(18)32-4/h5-9,11,15H,10,12-14H2,1-4H3,(H,26,30). The van der Waals surface area contributed by atoms with Crippen molar-refractivity contribution in [2.75, 3.05) is 20.8 Å². The van der Waals surface area contributed by atoms with Gasteiger partial charge in [0.15, 0.2) is 5.65 Å². The molecular formula is C25H28N4O3. The summed E-state index contributed by atoms with van der Waals surface area (Å²) >= 11 is 0. The van der Waals surface area contributed by atoms with Gasteiger partial charge in [-0.3, -0.25) is 4.79 Å². The van der Waals surface area contributed by atoms with Crippen molar-refractivity contribution < 1.29 is 14.3 Å². The minimum Gasteiger partial charge on any atom is -0.497 e. The van der Waals surface area contributed by atoms with Crippen LogP contribution in [0.2, 0.25) is 0 Å². The first kappa shape index (κ1) is 21.6. The zero-order chi connectivity index (χ0) is 22.7. The fourth-order valence-electron chi connectivity index (χ4n) is 4.08. The van der Waals surface area contributed by atoms with E-state index in [0.717, 1.165) is 50.6 Å². The molecule has 2 heterocycles. The summed E-state index contributed by atoms with van der Waals surface area (Å²) in [6, 6.07) is 13.7. The SMILES string of the molecule is COc1ccc(OC)c(CCNC(=O)CCc2c(C)nc3c4ccccc4nn3c2C)c1. The Morgan fingerprint density at radius 1 is 1.06 bits per heavy atom. The maximum absolute atomic E-state index is 12.5. The van der Waals surface area contributed by atoms with Crippen molar-refractivity contribution in [2.24, 2.45) is 0 Å². The molecule has 166 valence electrons. The summed E-state index contributed by atoms with van der Waals surface area (Å²) in [5, 5.41) is 8.74. The second-order valence-corrected chi connectivity index (χ2v) is 7.79. The second-order valence-electron chi connectivity index (χ2n) is 7.79. The third kappa shape index (κ3) is 4.23. The molecule has 0 radical (unpaired) electrons. The highest BCUT2D eigenvalue weighted by molar-refractivity contribution is 5.92. The Balaban J connectivity index is 1.40. The van der Waals surface area contributed by atoms with E-state index in [4.69, 9.17) is 14.5 Å². The Kier molecular flexibility index (Phi) is 6.25. The number of hydrogen-bond donors (Lipinski definition) is 1. The quantitative estimate of drug-likeness (QED) is 0.458. The molecule has 7 nitrogen and oxygen atoms in total. The molecule has 2 aromatic carbocycles. The average molecular weight is 433 g/mol. The van der Waals surface area contributed by atoms with Gasteiger partial charge in [-0.25, -0.2) is 9.50 Å². The Morgan fingerprint density at radius 2 is 1.88 bits per heavy atom. The number of ether oxygens (including phenoxy) is 2. The summed E-state index contributed by atoms with van der Waals surface area (Å²) in [4.78, 5) is 17.3. The maximum atomic E-state index is 12.5. The molecule has 0 fully saturated rings. The van der Waals surface area contributed by atoms with Crippen molar-refractivity contribution in [1.82, 2.24) is 19.9 Å². The van der Waals surface area contributed by atoms with Gasteiger partial charge in [-0.05, 0) is 68.1 Å². The van der Waals surface area contributed by atoms with E-state index in [0.29, 0.717) is 25.8 Å². The Bertz CT molecular complexity index is 1280. The summed E-state index contributed by atoms with van der Waals surface area (Å²) < 4.78 is 12.6. The first-order valence-electron chi connectivity index (χ1n) is 10.7. The van der Waals surface area contributed by atoms with Gasteiger partial charge in [0.05, 0.1) is 19.7 Å². The summed E-state index contributed by atoms with van der Waals surface area (Å²) in [5.41, 5.74) is 5.81. The number of amides is 1. The van der Waals surface area contributed by atoms with Crippen LogP contribution in [0.15, 0.2) is 42.5 Å². The number of fused-ring (bicyclic) bond motifs is 3. The number of aromatic nitrogens is 3. The number of rotatable bonds is 8. The highest BCUT2D eigenvalue weighted by atomic mass is 16.5. The fourth-order valence-corrected chi connectivity index (χ4v) is 4.08. The van der Waals surface area contributed by atoms with E-state index in [1.165, 1.54) is 0 Å². The van der Waals surface area contributed by atoms with Crippen LogP contribution in [0.1, 0.15) is 28.9 Å². The highest BCUT2D eigenvalue weighted by Gasteiger charge is 2.15. The fraction of sp³-hybridized carbons (Fsp3) is 0.320. The monoisotopic (exact) mass is 432 g/mol. The molecule has 0 spiro atoms. The average Bonchev–Trinajstić information content (AvgIpc) is 3.17. The van der Waals surface area contributed by atoms with E-state index < -0.39 is 0 Å². The van der Waals surface area contributed by atoms with Crippen LogP contribution in [-0.2, 0) is 17.6 Å². The Hall–Kier alpha value is -3.61. The first-order chi connectivity index (χ1) is 15.5. The van der Waals surface area contributed by atoms with E-state index in [1.807, 2.05) is 60.8 Å². The smallest absolute Gasteiger partial charge is 0.220 e. The minimum absolute atomic E-state index is 0.0105. The summed E-state index contributed by atoms with van der Waals surface area (Å²) in [7, 11) is 3.28. The van der Waals surface area contributed by atoms with Gasteiger partial charge in [-0.15, -0.1) is 0 Å². The molecule has 1 amide bonds. The number of benzene rings is 2. The number of methoxy groups -OCH3 is 2. The third-order valence-corrected chi connectivity index (χ3v) is 5.82. The molecule has 0 saturated carbocycles. The molecular weight excluding hydrogens is 404 g/mol. The lowest BCUT2D eigenvalue weighted by Crippen LogP contribution is -2.26. The van der Waals surface area contributed by atoms with Gasteiger partial charge in [0.1, 0.15) is 11.5 Å². The number of aryl methyl sites for hydroxylation is 2. The molecule has 4 rings (SSSR count). The lowest BCUT2D eigenvalue weighted by atomic mass is 10.1. The van der Waals surface area contributed by atoms with Gasteiger partial charge in [0, 0.05) is 29.7 Å². The predicted molar refractivity (Wildman–Crippen MR) is 125 cm³/mol. The molecule has 0 atom stereocenters. The van der Waals surface area contributed by atoms with Crippen molar-refractivity contribution in [3.05, 3.63) is 65.0 Å². The first-order valence-corrected chi connectivity index (χ1v) is 10.7. The molecule has 0 unspecified atom stereocenters. The largest absolute Gasteiger partial charge is 0.497 e. The number of carbonyl (C=O) groups is 1. The van der Waals surface area contributed by atoms with Gasteiger partial charge >= 0.3 is 0 Å². The molecule has 0 saturated heterocycles. The maximum Gasteiger partial charge on any atom is 0.220 e. The van der Waals surface area contributed by atoms with Crippen molar-refractivity contribution in [2.45, 2.75) is 33.1 Å². The van der Waals surface area contributed by atoms with Gasteiger partial charge < -0.3 is 14.8 Å². The molecule has 32 heavy (non-hydrogen) atoms. The highest BCUT2D eigenvalue weighted by Crippen LogP contribution is 2.25. The molecule has 0 bridgehead atoms. The third-order valence-electron chi connectivity index (χ3n) is 5.82. The van der Waals surface area contributed by atoms with Crippen LogP contribution in [-0.4, -0.2) is 41.3 Å². The molecule has 7 heteroatoms. The zero-order valence-electron chi connectivity index (χ0n) is 18.9. The molecule has 4 aromatic rings. The van der Waals surface area contributed by atoms with Crippen LogP contribution < -0.4 is 14.8 Å². The molecule has 1 N–H and O–H groups in total. The number of nitrogens with zero attached hydrogens (tertiary/aromatic N) is 3. The Labute approximate surface area is 187 Å². The van der Waals surface area contributed by atoms with E-state index in [-0.39, 0.29) is 5.91 Å². The number of nitrogens with one attached hydrogen (secondary N) is 1. The van der Waals surface area contributed by atoms with Crippen molar-refractivity contribution >= 4 is 22.5 Å². The second kappa shape index (κ2) is 9.26.